The Balaban J connectivity index is 1.97. The highest BCUT2D eigenvalue weighted by atomic mass is 19.1. The van der Waals surface area contributed by atoms with Crippen molar-refractivity contribution in [1.82, 2.24) is 9.97 Å². The topological polar surface area (TPSA) is 37.8 Å². The lowest BCUT2D eigenvalue weighted by atomic mass is 9.96. The minimum atomic E-state index is -0.659. The summed E-state index contributed by atoms with van der Waals surface area (Å²) in [5, 5.41) is 3.86. The average molecular weight is 393 g/mol. The van der Waals surface area contributed by atoms with Gasteiger partial charge in [-0.3, -0.25) is 0 Å². The van der Waals surface area contributed by atoms with E-state index in [1.165, 1.54) is 24.3 Å². The van der Waals surface area contributed by atoms with Gasteiger partial charge in [0.1, 0.15) is 17.5 Å². The fourth-order valence-corrected chi connectivity index (χ4v) is 3.20. The minimum absolute atomic E-state index is 0.148. The van der Waals surface area contributed by atoms with Gasteiger partial charge in [0.2, 0.25) is 5.95 Å². The van der Waals surface area contributed by atoms with E-state index in [0.29, 0.717) is 28.0 Å². The van der Waals surface area contributed by atoms with E-state index in [0.717, 1.165) is 11.6 Å². The van der Waals surface area contributed by atoms with Gasteiger partial charge in [-0.2, -0.15) is 0 Å². The first-order valence-corrected chi connectivity index (χ1v) is 9.19. The van der Waals surface area contributed by atoms with Crippen molar-refractivity contribution in [3.05, 3.63) is 78.2 Å². The summed E-state index contributed by atoms with van der Waals surface area (Å²) < 4.78 is 41.2. The number of nitrogens with zero attached hydrogens (tertiary/aromatic N) is 2. The Morgan fingerprint density at radius 2 is 1.52 bits per heavy atom. The Hall–Kier alpha value is -3.41. The van der Waals surface area contributed by atoms with E-state index >= 15 is 0 Å². The summed E-state index contributed by atoms with van der Waals surface area (Å²) in [6.45, 7) is 3.96. The molecule has 0 fully saturated rings. The molecule has 0 unspecified atom stereocenters. The van der Waals surface area contributed by atoms with Crippen LogP contribution in [0, 0.1) is 17.5 Å². The van der Waals surface area contributed by atoms with E-state index in [9.17, 15) is 13.2 Å². The minimum Gasteiger partial charge on any atom is -0.352 e. The number of rotatable bonds is 4. The summed E-state index contributed by atoms with van der Waals surface area (Å²) in [6.07, 6.45) is 1.66. The average Bonchev–Trinajstić information content (AvgIpc) is 2.67. The Bertz CT molecular complexity index is 1190. The largest absolute Gasteiger partial charge is 0.352 e. The highest BCUT2D eigenvalue weighted by molar-refractivity contribution is 5.97. The number of nitrogens with one attached hydrogen (secondary N) is 1. The van der Waals surface area contributed by atoms with E-state index < -0.39 is 11.6 Å². The fraction of sp³-hybridized carbons (Fsp3) is 0.130. The van der Waals surface area contributed by atoms with Gasteiger partial charge in [-0.15, -0.1) is 0 Å². The number of hydrogen-bond donors (Lipinski definition) is 1. The lowest BCUT2D eigenvalue weighted by molar-refractivity contribution is 0.585. The smallest absolute Gasteiger partial charge is 0.223 e. The maximum atomic E-state index is 14.4. The number of fused-ring (bicyclic) bond motifs is 1. The van der Waals surface area contributed by atoms with Crippen molar-refractivity contribution in [2.75, 3.05) is 5.32 Å². The van der Waals surface area contributed by atoms with Crippen LogP contribution in [0.2, 0.25) is 0 Å². The summed E-state index contributed by atoms with van der Waals surface area (Å²) in [4.78, 5) is 8.95. The predicted molar refractivity (Wildman–Crippen MR) is 109 cm³/mol. The Morgan fingerprint density at radius 1 is 0.793 bits per heavy atom. The zero-order valence-electron chi connectivity index (χ0n) is 15.9. The van der Waals surface area contributed by atoms with Crippen molar-refractivity contribution in [2.45, 2.75) is 19.9 Å². The fourth-order valence-electron chi connectivity index (χ4n) is 3.20. The van der Waals surface area contributed by atoms with Gasteiger partial charge in [-0.25, -0.2) is 23.1 Å². The molecule has 146 valence electrons. The van der Waals surface area contributed by atoms with Crippen molar-refractivity contribution < 1.29 is 13.2 Å². The van der Waals surface area contributed by atoms with Gasteiger partial charge in [-0.1, -0.05) is 12.1 Å². The summed E-state index contributed by atoms with van der Waals surface area (Å²) in [7, 11) is 0. The standard InChI is InChI=1S/C23H18F3N3/c1-13(2)28-23-27-12-16-9-15(19-8-7-18(25)11-21(19)26)10-20(22(16)29-23)14-3-5-17(24)6-4-14/h3-13H,1-2H3,(H,27,28,29). The molecule has 0 saturated carbocycles. The first kappa shape index (κ1) is 18.9. The summed E-state index contributed by atoms with van der Waals surface area (Å²) in [5.74, 6) is -1.18. The molecule has 3 aromatic carbocycles. The Labute approximate surface area is 166 Å². The molecule has 0 spiro atoms. The van der Waals surface area contributed by atoms with Crippen LogP contribution >= 0.6 is 0 Å². The highest BCUT2D eigenvalue weighted by Gasteiger charge is 2.14. The number of hydrogen-bond acceptors (Lipinski definition) is 3. The SMILES string of the molecule is CC(C)Nc1ncc2cc(-c3ccc(F)cc3F)cc(-c3ccc(F)cc3)c2n1. The van der Waals surface area contributed by atoms with Gasteiger partial charge >= 0.3 is 0 Å². The van der Waals surface area contributed by atoms with Crippen molar-refractivity contribution in [1.29, 1.82) is 0 Å². The molecule has 0 aliphatic rings. The Kier molecular flexibility index (Phi) is 4.92. The van der Waals surface area contributed by atoms with Crippen molar-refractivity contribution >= 4 is 16.9 Å². The van der Waals surface area contributed by atoms with Crippen molar-refractivity contribution in [3.63, 3.8) is 0 Å². The van der Waals surface area contributed by atoms with Crippen LogP contribution in [0.3, 0.4) is 0 Å². The van der Waals surface area contributed by atoms with E-state index in [4.69, 9.17) is 0 Å². The summed E-state index contributed by atoms with van der Waals surface area (Å²) in [5.41, 5.74) is 2.91. The molecule has 4 rings (SSSR count). The first-order valence-electron chi connectivity index (χ1n) is 9.19. The number of benzene rings is 3. The molecule has 3 nitrogen and oxygen atoms in total. The van der Waals surface area contributed by atoms with Crippen LogP contribution in [-0.4, -0.2) is 16.0 Å². The molecule has 0 amide bonds. The van der Waals surface area contributed by atoms with Gasteiger partial charge < -0.3 is 5.32 Å². The second kappa shape index (κ2) is 7.54. The zero-order chi connectivity index (χ0) is 20.5. The highest BCUT2D eigenvalue weighted by Crippen LogP contribution is 2.34. The molecule has 0 bridgehead atoms. The van der Waals surface area contributed by atoms with Gasteiger partial charge in [0.25, 0.3) is 0 Å². The molecule has 1 heterocycles. The normalized spacial score (nSPS) is 11.2. The van der Waals surface area contributed by atoms with Crippen LogP contribution < -0.4 is 5.32 Å². The summed E-state index contributed by atoms with van der Waals surface area (Å²) >= 11 is 0. The molecule has 4 aromatic rings. The maximum Gasteiger partial charge on any atom is 0.223 e. The van der Waals surface area contributed by atoms with Crippen LogP contribution in [0.15, 0.2) is 60.8 Å². The molecule has 6 heteroatoms. The molecule has 1 aromatic heterocycles. The molecular weight excluding hydrogens is 375 g/mol. The molecule has 29 heavy (non-hydrogen) atoms. The lowest BCUT2D eigenvalue weighted by Crippen LogP contribution is -2.12. The van der Waals surface area contributed by atoms with Gasteiger partial charge in [0.15, 0.2) is 0 Å². The van der Waals surface area contributed by atoms with Crippen molar-refractivity contribution in [3.8, 4) is 22.3 Å². The van der Waals surface area contributed by atoms with Crippen LogP contribution in [-0.2, 0) is 0 Å². The van der Waals surface area contributed by atoms with Crippen LogP contribution in [0.25, 0.3) is 33.2 Å². The zero-order valence-corrected chi connectivity index (χ0v) is 15.9. The van der Waals surface area contributed by atoms with Crippen LogP contribution in [0.4, 0.5) is 19.1 Å². The van der Waals surface area contributed by atoms with Gasteiger partial charge in [0, 0.05) is 34.8 Å². The molecular formula is C23H18F3N3. The molecule has 0 radical (unpaired) electrons. The van der Waals surface area contributed by atoms with E-state index in [1.54, 1.807) is 30.5 Å². The number of halogens is 3. The summed E-state index contributed by atoms with van der Waals surface area (Å²) in [6, 6.07) is 13.2. The van der Waals surface area contributed by atoms with Gasteiger partial charge in [0.05, 0.1) is 5.52 Å². The van der Waals surface area contributed by atoms with E-state index in [1.807, 2.05) is 13.8 Å². The molecule has 0 saturated heterocycles. The van der Waals surface area contributed by atoms with Crippen LogP contribution in [0.1, 0.15) is 13.8 Å². The first-order chi connectivity index (χ1) is 13.9. The Morgan fingerprint density at radius 3 is 2.21 bits per heavy atom. The second-order valence-corrected chi connectivity index (χ2v) is 7.09. The predicted octanol–water partition coefficient (Wildman–Crippen LogP) is 6.20. The van der Waals surface area contributed by atoms with Crippen LogP contribution in [0.5, 0.6) is 0 Å². The second-order valence-electron chi connectivity index (χ2n) is 7.09. The van der Waals surface area contributed by atoms with E-state index in [2.05, 4.69) is 15.3 Å². The third kappa shape index (κ3) is 3.92. The third-order valence-corrected chi connectivity index (χ3v) is 4.50. The van der Waals surface area contributed by atoms with Gasteiger partial charge in [-0.05, 0) is 61.4 Å². The van der Waals surface area contributed by atoms with E-state index in [-0.39, 0.29) is 17.4 Å². The molecule has 1 N–H and O–H groups in total. The quantitative estimate of drug-likeness (QED) is 0.448. The lowest BCUT2D eigenvalue weighted by Gasteiger charge is -2.13. The number of anilines is 1. The number of aromatic nitrogens is 2. The molecule has 0 aliphatic heterocycles. The van der Waals surface area contributed by atoms with Crippen molar-refractivity contribution in [2.24, 2.45) is 0 Å². The monoisotopic (exact) mass is 393 g/mol. The molecule has 0 atom stereocenters. The maximum absolute atomic E-state index is 14.4. The third-order valence-electron chi connectivity index (χ3n) is 4.50. The molecule has 0 aliphatic carbocycles.